The molecule has 0 bridgehead atoms. The molecule has 27 heavy (non-hydrogen) atoms. The maximum atomic E-state index is 6.02. The van der Waals surface area contributed by atoms with Gasteiger partial charge in [0, 0.05) is 18.6 Å². The lowest BCUT2D eigenvalue weighted by Gasteiger charge is -2.45. The van der Waals surface area contributed by atoms with Crippen LogP contribution in [0.25, 0.3) is 0 Å². The molecule has 1 aliphatic rings. The molecule has 0 radical (unpaired) electrons. The van der Waals surface area contributed by atoms with E-state index < -0.39 is 0 Å². The van der Waals surface area contributed by atoms with Crippen LogP contribution in [-0.2, 0) is 11.3 Å². The molecular weight excluding hydrogens is 334 g/mol. The molecular formula is C24H42NO2+. The van der Waals surface area contributed by atoms with Crippen LogP contribution in [0.1, 0.15) is 79.2 Å². The van der Waals surface area contributed by atoms with Crippen molar-refractivity contribution >= 4 is 0 Å². The molecule has 0 aliphatic carbocycles. The van der Waals surface area contributed by atoms with Crippen molar-refractivity contribution in [3.63, 3.8) is 0 Å². The highest BCUT2D eigenvalue weighted by atomic mass is 16.5. The highest BCUT2D eigenvalue weighted by Crippen LogP contribution is 2.45. The fourth-order valence-electron chi connectivity index (χ4n) is 4.39. The molecule has 1 aromatic carbocycles. The van der Waals surface area contributed by atoms with E-state index in [1.165, 1.54) is 44.2 Å². The van der Waals surface area contributed by atoms with Crippen molar-refractivity contribution in [2.24, 2.45) is 11.3 Å². The Morgan fingerprint density at radius 3 is 2.37 bits per heavy atom. The Morgan fingerprint density at radius 1 is 1.07 bits per heavy atom. The first-order chi connectivity index (χ1) is 12.7. The summed E-state index contributed by atoms with van der Waals surface area (Å²) in [5, 5.41) is 2.47. The van der Waals surface area contributed by atoms with Gasteiger partial charge in [0.1, 0.15) is 12.3 Å². The first kappa shape index (κ1) is 22.2. The lowest BCUT2D eigenvalue weighted by Crippen LogP contribution is -2.83. The van der Waals surface area contributed by atoms with Crippen molar-refractivity contribution < 1.29 is 14.8 Å². The summed E-state index contributed by atoms with van der Waals surface area (Å²) < 4.78 is 11.8. The van der Waals surface area contributed by atoms with Gasteiger partial charge in [-0.25, -0.2) is 0 Å². The monoisotopic (exact) mass is 376 g/mol. The molecule has 0 saturated carbocycles. The molecule has 1 atom stereocenters. The van der Waals surface area contributed by atoms with Gasteiger partial charge in [-0.15, -0.1) is 0 Å². The summed E-state index contributed by atoms with van der Waals surface area (Å²) in [7, 11) is 0. The van der Waals surface area contributed by atoms with Gasteiger partial charge in [0.2, 0.25) is 0 Å². The largest absolute Gasteiger partial charge is 0.491 e. The van der Waals surface area contributed by atoms with Gasteiger partial charge in [-0.05, 0) is 82.6 Å². The predicted octanol–water partition coefficient (Wildman–Crippen LogP) is 4.94. The summed E-state index contributed by atoms with van der Waals surface area (Å²) in [5.74, 6) is 1.74. The van der Waals surface area contributed by atoms with E-state index in [0.717, 1.165) is 24.8 Å². The Hall–Kier alpha value is -1.06. The number of hydrogen-bond donors (Lipinski definition) is 1. The van der Waals surface area contributed by atoms with Crippen LogP contribution < -0.4 is 10.1 Å². The molecule has 0 spiro atoms. The molecule has 1 heterocycles. The molecule has 3 nitrogen and oxygen atoms in total. The molecule has 2 rings (SSSR count). The lowest BCUT2D eigenvalue weighted by atomic mass is 9.68. The number of rotatable bonds is 10. The second kappa shape index (κ2) is 9.93. The smallest absolute Gasteiger partial charge is 0.119 e. The molecule has 0 aromatic heterocycles. The van der Waals surface area contributed by atoms with Crippen molar-refractivity contribution in [2.75, 3.05) is 13.2 Å². The quantitative estimate of drug-likeness (QED) is 0.587. The van der Waals surface area contributed by atoms with E-state index in [-0.39, 0.29) is 11.7 Å². The van der Waals surface area contributed by atoms with E-state index in [4.69, 9.17) is 9.47 Å². The predicted molar refractivity (Wildman–Crippen MR) is 113 cm³/mol. The van der Waals surface area contributed by atoms with Crippen molar-refractivity contribution in [3.05, 3.63) is 29.8 Å². The lowest BCUT2D eigenvalue weighted by molar-refractivity contribution is -0.672. The van der Waals surface area contributed by atoms with E-state index in [1.807, 2.05) is 0 Å². The number of nitrogens with two attached hydrogens (primary N) is 1. The van der Waals surface area contributed by atoms with E-state index in [0.29, 0.717) is 5.41 Å². The normalized spacial score (nSPS) is 22.4. The van der Waals surface area contributed by atoms with Crippen LogP contribution in [0.4, 0.5) is 0 Å². The molecule has 0 unspecified atom stereocenters. The average Bonchev–Trinajstić information content (AvgIpc) is 2.57. The number of ether oxygens (including phenoxy) is 2. The van der Waals surface area contributed by atoms with Crippen LogP contribution in [-0.4, -0.2) is 24.9 Å². The Kier molecular flexibility index (Phi) is 8.18. The highest BCUT2D eigenvalue weighted by Gasteiger charge is 2.40. The fourth-order valence-corrected chi connectivity index (χ4v) is 4.39. The van der Waals surface area contributed by atoms with Crippen molar-refractivity contribution in [3.8, 4) is 5.75 Å². The van der Waals surface area contributed by atoms with Gasteiger partial charge in [-0.3, -0.25) is 0 Å². The van der Waals surface area contributed by atoms with Gasteiger partial charge in [-0.1, -0.05) is 20.3 Å². The minimum atomic E-state index is 0.0292. The van der Waals surface area contributed by atoms with E-state index >= 15 is 0 Å². The zero-order valence-electron chi connectivity index (χ0n) is 18.5. The standard InChI is InChI=1S/C24H41NO2/c1-19(2)11-12-24(14-16-26-23(5,6)18-24)13-15-25-17-21-7-9-22(10-8-21)27-20(3)4/h7-10,19-20,25H,11-18H2,1-6H3/p+1/t24-/m1/s1. The van der Waals surface area contributed by atoms with Crippen molar-refractivity contribution in [1.82, 2.24) is 0 Å². The maximum absolute atomic E-state index is 6.02. The second-order valence-corrected chi connectivity index (χ2v) is 9.81. The minimum absolute atomic E-state index is 0.0292. The average molecular weight is 377 g/mol. The van der Waals surface area contributed by atoms with Gasteiger partial charge in [0.15, 0.2) is 0 Å². The van der Waals surface area contributed by atoms with Gasteiger partial charge >= 0.3 is 0 Å². The fraction of sp³-hybridized carbons (Fsp3) is 0.750. The molecule has 2 N–H and O–H groups in total. The summed E-state index contributed by atoms with van der Waals surface area (Å²) in [4.78, 5) is 0. The molecule has 3 heteroatoms. The first-order valence-corrected chi connectivity index (χ1v) is 10.9. The third-order valence-corrected chi connectivity index (χ3v) is 5.73. The summed E-state index contributed by atoms with van der Waals surface area (Å²) in [6, 6.07) is 8.57. The summed E-state index contributed by atoms with van der Waals surface area (Å²) in [5.41, 5.74) is 1.86. The highest BCUT2D eigenvalue weighted by molar-refractivity contribution is 5.26. The van der Waals surface area contributed by atoms with Crippen LogP contribution in [0.2, 0.25) is 0 Å². The molecule has 1 saturated heterocycles. The summed E-state index contributed by atoms with van der Waals surface area (Å²) >= 11 is 0. The molecule has 1 fully saturated rings. The molecule has 154 valence electrons. The zero-order valence-corrected chi connectivity index (χ0v) is 18.5. The van der Waals surface area contributed by atoms with Crippen LogP contribution >= 0.6 is 0 Å². The van der Waals surface area contributed by atoms with Gasteiger partial charge < -0.3 is 14.8 Å². The molecule has 0 amide bonds. The zero-order chi connectivity index (χ0) is 19.9. The third-order valence-electron chi connectivity index (χ3n) is 5.73. The second-order valence-electron chi connectivity index (χ2n) is 9.81. The maximum Gasteiger partial charge on any atom is 0.119 e. The summed E-state index contributed by atoms with van der Waals surface area (Å²) in [6.45, 7) is 16.5. The number of hydrogen-bond acceptors (Lipinski definition) is 2. The van der Waals surface area contributed by atoms with Crippen LogP contribution in [0.3, 0.4) is 0 Å². The summed E-state index contributed by atoms with van der Waals surface area (Å²) in [6.07, 6.45) is 6.61. The van der Waals surface area contributed by atoms with Crippen LogP contribution in [0.5, 0.6) is 5.75 Å². The van der Waals surface area contributed by atoms with Crippen molar-refractivity contribution in [1.29, 1.82) is 0 Å². The van der Waals surface area contributed by atoms with E-state index in [2.05, 4.69) is 71.1 Å². The molecule has 1 aliphatic heterocycles. The number of benzene rings is 1. The Balaban J connectivity index is 1.84. The van der Waals surface area contributed by atoms with Crippen LogP contribution in [0, 0.1) is 11.3 Å². The van der Waals surface area contributed by atoms with E-state index in [9.17, 15) is 0 Å². The Labute approximate surface area is 167 Å². The SMILES string of the molecule is CC(C)CC[C@@]1(CC[NH2+]Cc2ccc(OC(C)C)cc2)CCOC(C)(C)C1. The van der Waals surface area contributed by atoms with Gasteiger partial charge in [0.05, 0.1) is 18.2 Å². The van der Waals surface area contributed by atoms with E-state index in [1.54, 1.807) is 0 Å². The Bertz CT molecular complexity index is 550. The third kappa shape index (κ3) is 7.83. The minimum Gasteiger partial charge on any atom is -0.491 e. The Morgan fingerprint density at radius 2 is 1.78 bits per heavy atom. The van der Waals surface area contributed by atoms with Gasteiger partial charge in [-0.2, -0.15) is 0 Å². The van der Waals surface area contributed by atoms with Crippen molar-refractivity contribution in [2.45, 2.75) is 91.9 Å². The molecule has 1 aromatic rings. The topological polar surface area (TPSA) is 35.1 Å². The van der Waals surface area contributed by atoms with Gasteiger partial charge in [0.25, 0.3) is 0 Å². The first-order valence-electron chi connectivity index (χ1n) is 10.9. The number of quaternary nitrogens is 1. The van der Waals surface area contributed by atoms with Crippen LogP contribution in [0.15, 0.2) is 24.3 Å².